The number of hydrogen-bond donors (Lipinski definition) is 3. The summed E-state index contributed by atoms with van der Waals surface area (Å²) in [5.41, 5.74) is 11.0. The lowest BCUT2D eigenvalue weighted by Crippen LogP contribution is -2.31. The average Bonchev–Trinajstić information content (AvgIpc) is 2.99. The molecule has 0 aliphatic rings. The van der Waals surface area contributed by atoms with Gasteiger partial charge in [-0.15, -0.1) is 23.7 Å². The van der Waals surface area contributed by atoms with Gasteiger partial charge in [0.15, 0.2) is 0 Å². The number of nitrogens with zero attached hydrogens (tertiary/aromatic N) is 2. The molecule has 0 bridgehead atoms. The van der Waals surface area contributed by atoms with E-state index in [0.717, 1.165) is 16.8 Å². The smallest absolute Gasteiger partial charge is 0.220 e. The molecule has 0 aliphatic heterocycles. The average molecular weight is 370 g/mol. The molecule has 0 unspecified atom stereocenters. The third-order valence-electron chi connectivity index (χ3n) is 2.79. The quantitative estimate of drug-likeness (QED) is 0.412. The Hall–Kier alpha value is -2.16. The molecule has 24 heavy (non-hydrogen) atoms. The topological polar surface area (TPSA) is 102 Å². The van der Waals surface area contributed by atoms with Crippen molar-refractivity contribution in [3.63, 3.8) is 0 Å². The van der Waals surface area contributed by atoms with E-state index in [-0.39, 0.29) is 24.3 Å². The second kappa shape index (κ2) is 9.86. The number of hydrogen-bond acceptors (Lipinski definition) is 5. The Kier molecular flexibility index (Phi) is 8.17. The van der Waals surface area contributed by atoms with Crippen molar-refractivity contribution in [2.75, 3.05) is 6.61 Å². The van der Waals surface area contributed by atoms with Gasteiger partial charge in [-0.3, -0.25) is 9.63 Å². The highest BCUT2D eigenvalue weighted by Crippen LogP contribution is 2.27. The first kappa shape index (κ1) is 19.9. The lowest BCUT2D eigenvalue weighted by Gasteiger charge is -2.04. The Morgan fingerprint density at radius 2 is 2.25 bits per heavy atom. The van der Waals surface area contributed by atoms with Crippen LogP contribution in [0.1, 0.15) is 19.4 Å². The highest BCUT2D eigenvalue weighted by atomic mass is 35.5. The van der Waals surface area contributed by atoms with Gasteiger partial charge in [-0.25, -0.2) is 10.5 Å². The van der Waals surface area contributed by atoms with Crippen molar-refractivity contribution in [3.8, 4) is 11.3 Å². The van der Waals surface area contributed by atoms with E-state index in [1.165, 1.54) is 18.3 Å². The molecule has 130 valence electrons. The number of benzene rings is 1. The van der Waals surface area contributed by atoms with Gasteiger partial charge in [-0.1, -0.05) is 18.2 Å². The molecule has 4 N–H and O–H groups in total. The maximum atomic E-state index is 11.0. The minimum Gasteiger partial charge on any atom is -0.368 e. The van der Waals surface area contributed by atoms with Crippen molar-refractivity contribution in [1.29, 1.82) is 0 Å². The summed E-state index contributed by atoms with van der Waals surface area (Å²) in [4.78, 5) is 24.5. The minimum absolute atomic E-state index is 0. The Morgan fingerprint density at radius 1 is 1.46 bits per heavy atom. The van der Waals surface area contributed by atoms with Crippen molar-refractivity contribution < 1.29 is 9.63 Å². The predicted molar refractivity (Wildman–Crippen MR) is 98.4 cm³/mol. The van der Waals surface area contributed by atoms with E-state index >= 15 is 0 Å². The molecule has 1 aromatic heterocycles. The Morgan fingerprint density at radius 3 is 2.96 bits per heavy atom. The number of hydroxylamine groups is 1. The van der Waals surface area contributed by atoms with Crippen LogP contribution in [0.15, 0.2) is 34.6 Å². The fourth-order valence-corrected chi connectivity index (χ4v) is 2.50. The molecule has 0 saturated heterocycles. The maximum Gasteiger partial charge on any atom is 0.220 e. The van der Waals surface area contributed by atoms with Crippen LogP contribution in [0.4, 0.5) is 5.13 Å². The molecule has 0 aliphatic carbocycles. The van der Waals surface area contributed by atoms with Gasteiger partial charge < -0.3 is 11.1 Å². The summed E-state index contributed by atoms with van der Waals surface area (Å²) >= 11 is 1.39. The van der Waals surface area contributed by atoms with Gasteiger partial charge >= 0.3 is 0 Å². The van der Waals surface area contributed by atoms with Crippen LogP contribution in [0.2, 0.25) is 0 Å². The summed E-state index contributed by atoms with van der Waals surface area (Å²) < 4.78 is 0. The molecule has 1 heterocycles. The summed E-state index contributed by atoms with van der Waals surface area (Å²) in [6.07, 6.45) is 0. The van der Waals surface area contributed by atoms with Gasteiger partial charge in [0.2, 0.25) is 17.0 Å². The Balaban J connectivity index is 0.00000288. The summed E-state index contributed by atoms with van der Waals surface area (Å²) in [6, 6.07) is 7.83. The molecular weight excluding hydrogens is 350 g/mol. The van der Waals surface area contributed by atoms with Gasteiger partial charge in [0.25, 0.3) is 0 Å². The lowest BCUT2D eigenvalue weighted by molar-refractivity contribution is -0.119. The first-order chi connectivity index (χ1) is 11.1. The van der Waals surface area contributed by atoms with Crippen LogP contribution in [-0.4, -0.2) is 23.5 Å². The van der Waals surface area contributed by atoms with Crippen LogP contribution in [0.5, 0.6) is 0 Å². The number of aliphatic imine (C=N–C) groups is 1. The highest BCUT2D eigenvalue weighted by molar-refractivity contribution is 7.13. The molecule has 1 aromatic carbocycles. The maximum absolute atomic E-state index is 11.0. The van der Waals surface area contributed by atoms with Crippen molar-refractivity contribution in [2.24, 2.45) is 10.7 Å². The normalized spacial score (nSPS) is 10.8. The number of thiazole rings is 1. The van der Waals surface area contributed by atoms with E-state index in [9.17, 15) is 4.79 Å². The molecular formula is C15H20ClN5O2S. The van der Waals surface area contributed by atoms with Crippen LogP contribution >= 0.6 is 23.7 Å². The third-order valence-corrected chi connectivity index (χ3v) is 3.53. The zero-order valence-electron chi connectivity index (χ0n) is 13.4. The van der Waals surface area contributed by atoms with Crippen LogP contribution in [0.3, 0.4) is 0 Å². The molecule has 1 amide bonds. The van der Waals surface area contributed by atoms with Gasteiger partial charge in [-0.2, -0.15) is 4.99 Å². The minimum atomic E-state index is -0.0574. The molecule has 0 fully saturated rings. The van der Waals surface area contributed by atoms with E-state index < -0.39 is 0 Å². The fourth-order valence-electron chi connectivity index (χ4n) is 1.79. The zero-order chi connectivity index (χ0) is 16.7. The number of rotatable bonds is 6. The fraction of sp³-hybridized carbons (Fsp3) is 0.267. The number of carbonyl (C=O) groups is 1. The largest absolute Gasteiger partial charge is 0.368 e. The third kappa shape index (κ3) is 6.15. The number of nitrogens with one attached hydrogen (secondary N) is 2. The number of halogens is 1. The first-order valence-corrected chi connectivity index (χ1v) is 7.97. The molecule has 0 radical (unpaired) electrons. The van der Waals surface area contributed by atoms with Gasteiger partial charge in [0.1, 0.15) is 0 Å². The Labute approximate surface area is 150 Å². The number of amides is 1. The molecule has 9 heteroatoms. The van der Waals surface area contributed by atoms with Gasteiger partial charge in [0, 0.05) is 24.4 Å². The van der Waals surface area contributed by atoms with Gasteiger partial charge in [0.05, 0.1) is 12.3 Å². The Bertz CT molecular complexity index is 705. The summed E-state index contributed by atoms with van der Waals surface area (Å²) in [5.74, 6) is 0.102. The van der Waals surface area contributed by atoms with Crippen LogP contribution in [-0.2, 0) is 16.2 Å². The lowest BCUT2D eigenvalue weighted by atomic mass is 10.1. The molecule has 0 spiro atoms. The summed E-state index contributed by atoms with van der Waals surface area (Å²) in [5, 5.41) is 5.22. The predicted octanol–water partition coefficient (Wildman–Crippen LogP) is 2.36. The van der Waals surface area contributed by atoms with Crippen molar-refractivity contribution in [3.05, 3.63) is 35.2 Å². The number of carbonyl (C=O) groups excluding carboxylic acids is 1. The molecule has 2 aromatic rings. The monoisotopic (exact) mass is 369 g/mol. The molecule has 2 rings (SSSR count). The van der Waals surface area contributed by atoms with E-state index in [4.69, 9.17) is 10.6 Å². The number of nitrogens with two attached hydrogens (primary N) is 1. The highest BCUT2D eigenvalue weighted by Gasteiger charge is 2.06. The molecule has 0 atom stereocenters. The van der Waals surface area contributed by atoms with E-state index in [0.29, 0.717) is 18.3 Å². The summed E-state index contributed by atoms with van der Waals surface area (Å²) in [6.45, 7) is 4.31. The SMILES string of the molecule is CCONC(N)=Nc1nc(-c2cccc(CNC(C)=O)c2)cs1.Cl. The van der Waals surface area contributed by atoms with Crippen LogP contribution in [0, 0.1) is 0 Å². The van der Waals surface area contributed by atoms with Crippen molar-refractivity contribution in [1.82, 2.24) is 15.8 Å². The van der Waals surface area contributed by atoms with E-state index in [1.807, 2.05) is 36.6 Å². The van der Waals surface area contributed by atoms with Crippen molar-refractivity contribution in [2.45, 2.75) is 20.4 Å². The van der Waals surface area contributed by atoms with E-state index in [2.05, 4.69) is 20.8 Å². The van der Waals surface area contributed by atoms with Crippen molar-refractivity contribution >= 4 is 40.7 Å². The number of guanidine groups is 1. The van der Waals surface area contributed by atoms with E-state index in [1.54, 1.807) is 0 Å². The summed E-state index contributed by atoms with van der Waals surface area (Å²) in [7, 11) is 0. The van der Waals surface area contributed by atoms with Crippen LogP contribution in [0.25, 0.3) is 11.3 Å². The molecule has 7 nitrogen and oxygen atoms in total. The standard InChI is InChI=1S/C15H19N5O2S.ClH/c1-3-22-20-14(16)19-15-18-13(9-23-15)12-6-4-5-11(7-12)8-17-10(2)21;/h4-7,9H,3,8H2,1-2H3,(H,17,21)(H3,16,18,19,20);1H. The molecule has 0 saturated carbocycles. The van der Waals surface area contributed by atoms with Gasteiger partial charge in [-0.05, 0) is 18.6 Å². The first-order valence-electron chi connectivity index (χ1n) is 7.09. The van der Waals surface area contributed by atoms with Crippen LogP contribution < -0.4 is 16.5 Å². The second-order valence-corrected chi connectivity index (χ2v) is 5.49. The zero-order valence-corrected chi connectivity index (χ0v) is 15.0. The number of aromatic nitrogens is 1. The second-order valence-electron chi connectivity index (χ2n) is 4.66.